The molecule has 15 heteroatoms. The lowest BCUT2D eigenvalue weighted by molar-refractivity contribution is -0.144. The maximum absolute atomic E-state index is 14.9. The Bertz CT molecular complexity index is 2330. The number of Topliss-reactive ketones (excluding diaryl/α,β-unsaturated/α-hetero) is 1. The molecule has 56 heavy (non-hydrogen) atoms. The Morgan fingerprint density at radius 2 is 1.95 bits per heavy atom. The summed E-state index contributed by atoms with van der Waals surface area (Å²) in [5, 5.41) is 3.66. The van der Waals surface area contributed by atoms with E-state index in [1.807, 2.05) is 26.2 Å². The average molecular weight is 823 g/mol. The first-order valence-electron chi connectivity index (χ1n) is 18.5. The van der Waals surface area contributed by atoms with Gasteiger partial charge in [-0.1, -0.05) is 50.6 Å². The van der Waals surface area contributed by atoms with Crippen molar-refractivity contribution in [1.82, 2.24) is 19.6 Å². The van der Waals surface area contributed by atoms with Crippen LogP contribution in [0.1, 0.15) is 57.9 Å². The zero-order chi connectivity index (χ0) is 40.2. The number of pyridine rings is 1. The van der Waals surface area contributed by atoms with Crippen LogP contribution >= 0.6 is 22.9 Å². The van der Waals surface area contributed by atoms with Crippen LogP contribution in [0.15, 0.2) is 66.7 Å². The number of thiazole rings is 1. The van der Waals surface area contributed by atoms with Crippen molar-refractivity contribution in [2.45, 2.75) is 76.7 Å². The molecule has 11 nitrogen and oxygen atoms in total. The number of benzene rings is 2. The molecule has 0 unspecified atom stereocenters. The molecule has 296 valence electrons. The second-order valence-electron chi connectivity index (χ2n) is 16.1. The number of aromatic nitrogens is 2. The molecule has 2 aliphatic carbocycles. The minimum atomic E-state index is -3.86. The molecule has 2 saturated carbocycles. The van der Waals surface area contributed by atoms with E-state index in [0.29, 0.717) is 50.7 Å². The predicted octanol–water partition coefficient (Wildman–Crippen LogP) is 7.17. The van der Waals surface area contributed by atoms with Crippen LogP contribution in [0.5, 0.6) is 11.6 Å². The van der Waals surface area contributed by atoms with Crippen LogP contribution in [0.4, 0.5) is 4.39 Å². The summed E-state index contributed by atoms with van der Waals surface area (Å²) >= 11 is 7.75. The fourth-order valence-electron chi connectivity index (χ4n) is 7.64. The number of likely N-dealkylation sites (tertiary alicyclic amines) is 1. The van der Waals surface area contributed by atoms with Gasteiger partial charge in [0.25, 0.3) is 0 Å². The third-order valence-electron chi connectivity index (χ3n) is 11.1. The van der Waals surface area contributed by atoms with E-state index < -0.39 is 56.0 Å². The number of fused-ring (bicyclic) bond motifs is 1. The number of rotatable bonds is 14. The van der Waals surface area contributed by atoms with Crippen LogP contribution in [0.2, 0.25) is 5.02 Å². The molecule has 1 N–H and O–H groups in total. The Morgan fingerprint density at radius 3 is 2.61 bits per heavy atom. The molecule has 1 saturated heterocycles. The number of nitrogens with zero attached hydrogens (tertiary/aromatic N) is 3. The highest BCUT2D eigenvalue weighted by molar-refractivity contribution is 7.90. The molecule has 1 aliphatic heterocycles. The second kappa shape index (κ2) is 15.2. The molecule has 5 atom stereocenters. The van der Waals surface area contributed by atoms with E-state index in [2.05, 4.69) is 16.3 Å². The van der Waals surface area contributed by atoms with Gasteiger partial charge in [-0.25, -0.2) is 22.8 Å². The quantitative estimate of drug-likeness (QED) is 0.131. The van der Waals surface area contributed by atoms with E-state index >= 15 is 0 Å². The summed E-state index contributed by atoms with van der Waals surface area (Å²) in [4.78, 5) is 53.9. The lowest BCUT2D eigenvalue weighted by Crippen LogP contribution is -2.48. The van der Waals surface area contributed by atoms with E-state index in [1.54, 1.807) is 41.3 Å². The molecular weight excluding hydrogens is 779 g/mol. The fourth-order valence-corrected chi connectivity index (χ4v) is 10.1. The van der Waals surface area contributed by atoms with Gasteiger partial charge in [0.2, 0.25) is 27.7 Å². The number of allylic oxidation sites excluding steroid dienone is 1. The number of halogens is 2. The fraction of sp³-hybridized carbons (Fsp3) is 0.439. The molecule has 7 rings (SSSR count). The van der Waals surface area contributed by atoms with Crippen LogP contribution in [0.3, 0.4) is 0 Å². The maximum Gasteiger partial charge on any atom is 0.240 e. The van der Waals surface area contributed by atoms with Gasteiger partial charge < -0.3 is 14.4 Å². The first-order chi connectivity index (χ1) is 26.5. The van der Waals surface area contributed by atoms with E-state index in [4.69, 9.17) is 26.1 Å². The van der Waals surface area contributed by atoms with Crippen molar-refractivity contribution in [2.75, 3.05) is 13.7 Å². The maximum atomic E-state index is 14.9. The Balaban J connectivity index is 1.19. The molecule has 0 spiro atoms. The summed E-state index contributed by atoms with van der Waals surface area (Å²) in [5.74, 6) is -2.03. The van der Waals surface area contributed by atoms with Crippen LogP contribution < -0.4 is 14.2 Å². The van der Waals surface area contributed by atoms with Crippen molar-refractivity contribution in [3.8, 4) is 22.9 Å². The number of sulfonamides is 1. The van der Waals surface area contributed by atoms with Gasteiger partial charge >= 0.3 is 0 Å². The van der Waals surface area contributed by atoms with Crippen molar-refractivity contribution in [3.63, 3.8) is 0 Å². The Morgan fingerprint density at radius 1 is 1.18 bits per heavy atom. The number of methoxy groups -OCH3 is 1. The highest BCUT2D eigenvalue weighted by Crippen LogP contribution is 2.57. The molecule has 2 aromatic carbocycles. The van der Waals surface area contributed by atoms with Gasteiger partial charge in [0.15, 0.2) is 5.78 Å². The van der Waals surface area contributed by atoms with Crippen LogP contribution in [-0.2, 0) is 30.8 Å². The van der Waals surface area contributed by atoms with Gasteiger partial charge in [0, 0.05) is 51.9 Å². The molecule has 0 bridgehead atoms. The van der Waals surface area contributed by atoms with Crippen LogP contribution in [0.25, 0.3) is 22.0 Å². The standard InChI is InChI=1S/C41H44ClFN4O7S2/c1-6-24-18-41(24,39(50)46-56(51,52)28-11-12-28)19-34(48)33-16-27(54-37-30-15-25(42)10-13-29(30)35(53-5)20-44-37)21-47(33)38(49)31(40(2,3)4)17-36-45-32(22-55-36)23-8-7-9-26(43)14-23/h6-10,13-15,20,22,24,27-28,31,33H,1,11-12,16-19,21H2,2-5H3,(H,46,50)/t24-,27-,31-,33+,41-/m1/s1. The lowest BCUT2D eigenvalue weighted by atomic mass is 9.77. The molecule has 2 amide bonds. The molecular formula is C41H44ClFN4O7S2. The van der Waals surface area contributed by atoms with Gasteiger partial charge in [-0.05, 0) is 60.9 Å². The Labute approximate surface area is 334 Å². The van der Waals surface area contributed by atoms with E-state index in [0.717, 1.165) is 0 Å². The molecule has 3 aliphatic rings. The molecule has 3 heterocycles. The number of ether oxygens (including phenoxy) is 2. The van der Waals surface area contributed by atoms with Crippen molar-refractivity contribution in [3.05, 3.63) is 82.5 Å². The van der Waals surface area contributed by atoms with Gasteiger partial charge in [0.1, 0.15) is 17.7 Å². The summed E-state index contributed by atoms with van der Waals surface area (Å²) < 4.78 is 53.8. The van der Waals surface area contributed by atoms with Gasteiger partial charge in [-0.15, -0.1) is 17.9 Å². The van der Waals surface area contributed by atoms with Gasteiger partial charge in [0.05, 0.1) is 47.3 Å². The highest BCUT2D eigenvalue weighted by Gasteiger charge is 2.61. The van der Waals surface area contributed by atoms with Crippen LogP contribution in [-0.4, -0.2) is 71.9 Å². The second-order valence-corrected chi connectivity index (χ2v) is 19.4. The third kappa shape index (κ3) is 8.05. The summed E-state index contributed by atoms with van der Waals surface area (Å²) in [6.07, 6.45) is 3.75. The Kier molecular flexibility index (Phi) is 10.8. The van der Waals surface area contributed by atoms with E-state index in [1.165, 1.54) is 36.8 Å². The smallest absolute Gasteiger partial charge is 0.240 e. The topological polar surface area (TPSA) is 145 Å². The van der Waals surface area contributed by atoms with Crippen molar-refractivity contribution < 1.29 is 36.7 Å². The zero-order valence-electron chi connectivity index (χ0n) is 31.6. The largest absolute Gasteiger partial charge is 0.494 e. The SMILES string of the molecule is C=C[C@@H]1C[C@]1(CC(=O)[C@@H]1C[C@@H](Oc2ncc(OC)c3ccc(Cl)cc23)CN1C(=O)[C@@H](Cc1nc(-c2cccc(F)c2)cs1)C(C)(C)C)C(=O)NS(=O)(=O)C1CC1. The third-order valence-corrected chi connectivity index (χ3v) is 14.1. The normalized spacial score (nSPS) is 22.8. The number of amides is 2. The lowest BCUT2D eigenvalue weighted by Gasteiger charge is -2.35. The van der Waals surface area contributed by atoms with Crippen molar-refractivity contribution in [2.24, 2.45) is 22.7 Å². The molecule has 4 aromatic rings. The van der Waals surface area contributed by atoms with Crippen LogP contribution in [0, 0.1) is 28.5 Å². The number of nitrogens with one attached hydrogen (secondary N) is 1. The number of carbonyl (C=O) groups excluding carboxylic acids is 3. The molecule has 2 aromatic heterocycles. The number of hydrogen-bond donors (Lipinski definition) is 1. The Hall–Kier alpha value is -4.40. The summed E-state index contributed by atoms with van der Waals surface area (Å²) in [6, 6.07) is 10.4. The van der Waals surface area contributed by atoms with E-state index in [9.17, 15) is 27.2 Å². The van der Waals surface area contributed by atoms with Gasteiger partial charge in [-0.3, -0.25) is 19.1 Å². The number of carbonyl (C=O) groups is 3. The summed E-state index contributed by atoms with van der Waals surface area (Å²) in [7, 11) is -2.33. The first kappa shape index (κ1) is 39.8. The van der Waals surface area contributed by atoms with Crippen molar-refractivity contribution in [1.29, 1.82) is 0 Å². The first-order valence-corrected chi connectivity index (χ1v) is 21.3. The summed E-state index contributed by atoms with van der Waals surface area (Å²) in [6.45, 7) is 9.74. The monoisotopic (exact) mass is 822 g/mol. The van der Waals surface area contributed by atoms with Gasteiger partial charge in [-0.2, -0.15) is 0 Å². The van der Waals surface area contributed by atoms with Crippen molar-refractivity contribution >= 4 is 61.3 Å². The van der Waals surface area contributed by atoms with E-state index in [-0.39, 0.29) is 55.6 Å². The molecule has 0 radical (unpaired) electrons. The minimum absolute atomic E-state index is 0.0458. The number of hydrogen-bond acceptors (Lipinski definition) is 10. The number of ketones is 1. The molecule has 3 fully saturated rings. The predicted molar refractivity (Wildman–Crippen MR) is 212 cm³/mol. The zero-order valence-corrected chi connectivity index (χ0v) is 34.0. The average Bonchev–Trinajstić information content (AvgIpc) is 4.04. The summed E-state index contributed by atoms with van der Waals surface area (Å²) in [5.41, 5.74) is -0.656. The minimum Gasteiger partial charge on any atom is -0.494 e. The highest BCUT2D eigenvalue weighted by atomic mass is 35.5.